The molecule has 0 aliphatic rings. The van der Waals surface area contributed by atoms with Gasteiger partial charge in [0, 0.05) is 50.7 Å². The van der Waals surface area contributed by atoms with E-state index in [-0.39, 0.29) is 11.8 Å². The van der Waals surface area contributed by atoms with E-state index in [4.69, 9.17) is 0 Å². The zero-order valence-corrected chi connectivity index (χ0v) is 13.8. The van der Waals surface area contributed by atoms with Gasteiger partial charge in [0.05, 0.1) is 0 Å². The number of nitrogens with zero attached hydrogens (tertiary/aromatic N) is 2. The summed E-state index contributed by atoms with van der Waals surface area (Å²) in [6.07, 6.45) is 0. The highest BCUT2D eigenvalue weighted by Crippen LogP contribution is 2.19. The summed E-state index contributed by atoms with van der Waals surface area (Å²) in [6, 6.07) is 14.6. The first-order valence-corrected chi connectivity index (χ1v) is 7.31. The molecular weight excluding hydrogens is 290 g/mol. The van der Waals surface area contributed by atoms with Crippen LogP contribution in [-0.4, -0.2) is 33.0 Å². The summed E-state index contributed by atoms with van der Waals surface area (Å²) in [4.78, 5) is 27.1. The number of carbonyl (C=O) groups excluding carboxylic acids is 2. The van der Waals surface area contributed by atoms with Crippen LogP contribution in [0.4, 0.5) is 17.1 Å². The van der Waals surface area contributed by atoms with Crippen molar-refractivity contribution in [3.63, 3.8) is 0 Å². The molecular formula is C18H21N3O2. The molecule has 0 aromatic heterocycles. The molecule has 2 amide bonds. The smallest absolute Gasteiger partial charge is 0.255 e. The third-order valence-electron chi connectivity index (χ3n) is 3.61. The van der Waals surface area contributed by atoms with Gasteiger partial charge in [-0.15, -0.1) is 0 Å². The van der Waals surface area contributed by atoms with Crippen LogP contribution in [0, 0.1) is 0 Å². The van der Waals surface area contributed by atoms with E-state index in [0.717, 1.165) is 11.4 Å². The Hall–Kier alpha value is -2.82. The number of benzene rings is 2. The SMILES string of the molecule is CC(=O)N(C)c1ccc(NC(=O)c2cccc(N(C)C)c2)cc1. The van der Waals surface area contributed by atoms with Crippen LogP contribution in [0.3, 0.4) is 0 Å². The number of amides is 2. The van der Waals surface area contributed by atoms with Gasteiger partial charge in [-0.05, 0) is 42.5 Å². The molecule has 2 rings (SSSR count). The van der Waals surface area contributed by atoms with E-state index in [1.165, 1.54) is 6.92 Å². The minimum Gasteiger partial charge on any atom is -0.378 e. The first kappa shape index (κ1) is 16.5. The van der Waals surface area contributed by atoms with Gasteiger partial charge in [-0.1, -0.05) is 6.07 Å². The lowest BCUT2D eigenvalue weighted by Gasteiger charge is -2.16. The highest BCUT2D eigenvalue weighted by Gasteiger charge is 2.09. The van der Waals surface area contributed by atoms with Gasteiger partial charge < -0.3 is 15.1 Å². The Morgan fingerprint density at radius 1 is 0.913 bits per heavy atom. The van der Waals surface area contributed by atoms with Crippen LogP contribution in [0.2, 0.25) is 0 Å². The number of anilines is 3. The standard InChI is InChI=1S/C18H21N3O2/c1-13(22)21(4)16-10-8-15(9-11-16)19-18(23)14-6-5-7-17(12-14)20(2)3/h5-12H,1-4H3,(H,19,23). The van der Waals surface area contributed by atoms with E-state index < -0.39 is 0 Å². The highest BCUT2D eigenvalue weighted by atomic mass is 16.2. The van der Waals surface area contributed by atoms with Crippen molar-refractivity contribution in [2.75, 3.05) is 36.3 Å². The highest BCUT2D eigenvalue weighted by molar-refractivity contribution is 6.05. The first-order valence-electron chi connectivity index (χ1n) is 7.31. The van der Waals surface area contributed by atoms with Crippen LogP contribution in [0.15, 0.2) is 48.5 Å². The number of hydrogen-bond acceptors (Lipinski definition) is 3. The lowest BCUT2D eigenvalue weighted by molar-refractivity contribution is -0.116. The Morgan fingerprint density at radius 2 is 1.57 bits per heavy atom. The number of hydrogen-bond donors (Lipinski definition) is 1. The maximum absolute atomic E-state index is 12.3. The van der Waals surface area contributed by atoms with E-state index in [0.29, 0.717) is 11.3 Å². The second kappa shape index (κ2) is 6.96. The summed E-state index contributed by atoms with van der Waals surface area (Å²) in [5.74, 6) is -0.205. The average molecular weight is 311 g/mol. The van der Waals surface area contributed by atoms with E-state index in [1.54, 1.807) is 42.3 Å². The normalized spacial score (nSPS) is 10.1. The summed E-state index contributed by atoms with van der Waals surface area (Å²) in [5, 5.41) is 2.86. The second-order valence-corrected chi connectivity index (χ2v) is 5.52. The van der Waals surface area contributed by atoms with Gasteiger partial charge >= 0.3 is 0 Å². The quantitative estimate of drug-likeness (QED) is 0.944. The number of carbonyl (C=O) groups is 2. The first-order chi connectivity index (χ1) is 10.9. The number of nitrogens with one attached hydrogen (secondary N) is 1. The Kier molecular flexibility index (Phi) is 5.01. The molecule has 1 N–H and O–H groups in total. The van der Waals surface area contributed by atoms with E-state index in [1.807, 2.05) is 37.2 Å². The van der Waals surface area contributed by atoms with Crippen LogP contribution in [0.1, 0.15) is 17.3 Å². The zero-order chi connectivity index (χ0) is 17.0. The molecule has 0 spiro atoms. The minimum absolute atomic E-state index is 0.0396. The van der Waals surface area contributed by atoms with Crippen LogP contribution in [0.25, 0.3) is 0 Å². The molecule has 2 aromatic carbocycles. The minimum atomic E-state index is -0.165. The Morgan fingerprint density at radius 3 is 2.13 bits per heavy atom. The van der Waals surface area contributed by atoms with Crippen molar-refractivity contribution < 1.29 is 9.59 Å². The molecule has 2 aromatic rings. The molecule has 23 heavy (non-hydrogen) atoms. The maximum atomic E-state index is 12.3. The average Bonchev–Trinajstić information content (AvgIpc) is 2.54. The van der Waals surface area contributed by atoms with Gasteiger partial charge in [-0.3, -0.25) is 9.59 Å². The summed E-state index contributed by atoms with van der Waals surface area (Å²) in [5.41, 5.74) is 3.04. The maximum Gasteiger partial charge on any atom is 0.255 e. The van der Waals surface area contributed by atoms with Crippen LogP contribution in [-0.2, 0) is 4.79 Å². The molecule has 0 radical (unpaired) electrons. The van der Waals surface area contributed by atoms with Crippen molar-refractivity contribution in [3.8, 4) is 0 Å². The molecule has 0 atom stereocenters. The van der Waals surface area contributed by atoms with Crippen LogP contribution < -0.4 is 15.1 Å². The molecule has 0 aliphatic heterocycles. The van der Waals surface area contributed by atoms with E-state index >= 15 is 0 Å². The van der Waals surface area contributed by atoms with Crippen molar-refractivity contribution in [1.82, 2.24) is 0 Å². The number of rotatable bonds is 4. The summed E-state index contributed by atoms with van der Waals surface area (Å²) >= 11 is 0. The second-order valence-electron chi connectivity index (χ2n) is 5.52. The molecule has 0 fully saturated rings. The predicted octanol–water partition coefficient (Wildman–Crippen LogP) is 2.99. The molecule has 5 heteroatoms. The van der Waals surface area contributed by atoms with Crippen molar-refractivity contribution in [2.45, 2.75) is 6.92 Å². The van der Waals surface area contributed by atoms with Gasteiger partial charge in [0.1, 0.15) is 0 Å². The molecule has 0 aliphatic carbocycles. The third kappa shape index (κ3) is 4.10. The van der Waals surface area contributed by atoms with Crippen LogP contribution in [0.5, 0.6) is 0 Å². The summed E-state index contributed by atoms with van der Waals surface area (Å²) in [7, 11) is 5.57. The van der Waals surface area contributed by atoms with Gasteiger partial charge in [0.25, 0.3) is 5.91 Å². The fourth-order valence-corrected chi connectivity index (χ4v) is 2.08. The van der Waals surface area contributed by atoms with E-state index in [9.17, 15) is 9.59 Å². The molecule has 120 valence electrons. The topological polar surface area (TPSA) is 52.7 Å². The zero-order valence-electron chi connectivity index (χ0n) is 13.8. The van der Waals surface area contributed by atoms with Crippen molar-refractivity contribution in [3.05, 3.63) is 54.1 Å². The fraction of sp³-hybridized carbons (Fsp3) is 0.222. The third-order valence-corrected chi connectivity index (χ3v) is 3.61. The van der Waals surface area contributed by atoms with Gasteiger partial charge in [-0.25, -0.2) is 0 Å². The Bertz CT molecular complexity index is 708. The summed E-state index contributed by atoms with van der Waals surface area (Å²) in [6.45, 7) is 1.51. The van der Waals surface area contributed by atoms with Gasteiger partial charge in [0.15, 0.2) is 0 Å². The van der Waals surface area contributed by atoms with Crippen molar-refractivity contribution >= 4 is 28.9 Å². The van der Waals surface area contributed by atoms with Gasteiger partial charge in [0.2, 0.25) is 5.91 Å². The molecule has 0 heterocycles. The Labute approximate surface area is 136 Å². The molecule has 0 bridgehead atoms. The summed E-state index contributed by atoms with van der Waals surface area (Å²) < 4.78 is 0. The lowest BCUT2D eigenvalue weighted by atomic mass is 10.1. The molecule has 0 unspecified atom stereocenters. The van der Waals surface area contributed by atoms with Gasteiger partial charge in [-0.2, -0.15) is 0 Å². The van der Waals surface area contributed by atoms with Crippen molar-refractivity contribution in [2.24, 2.45) is 0 Å². The van der Waals surface area contributed by atoms with Crippen molar-refractivity contribution in [1.29, 1.82) is 0 Å². The lowest BCUT2D eigenvalue weighted by Crippen LogP contribution is -2.22. The van der Waals surface area contributed by atoms with Crippen LogP contribution >= 0.6 is 0 Å². The molecule has 5 nitrogen and oxygen atoms in total. The monoisotopic (exact) mass is 311 g/mol. The fourth-order valence-electron chi connectivity index (χ4n) is 2.08. The molecule has 0 saturated carbocycles. The largest absolute Gasteiger partial charge is 0.378 e. The predicted molar refractivity (Wildman–Crippen MR) is 94.2 cm³/mol. The Balaban J connectivity index is 2.11. The molecule has 0 saturated heterocycles. The van der Waals surface area contributed by atoms with E-state index in [2.05, 4.69) is 5.32 Å².